The highest BCUT2D eigenvalue weighted by atomic mass is 16.2. The van der Waals surface area contributed by atoms with E-state index in [1.165, 1.54) is 0 Å². The average Bonchev–Trinajstić information content (AvgIpc) is 3.29. The summed E-state index contributed by atoms with van der Waals surface area (Å²) in [6, 6.07) is 33.8. The molecule has 1 amide bonds. The molecule has 0 N–H and O–H groups in total. The van der Waals surface area contributed by atoms with Gasteiger partial charge in [-0.05, 0) is 11.6 Å². The summed E-state index contributed by atoms with van der Waals surface area (Å²) in [5, 5.41) is 4.65. The van der Waals surface area contributed by atoms with Gasteiger partial charge in [-0.3, -0.25) is 4.79 Å². The molecule has 0 fully saturated rings. The van der Waals surface area contributed by atoms with Gasteiger partial charge in [0.05, 0.1) is 11.4 Å². The number of fused-ring (bicyclic) bond motifs is 1. The quantitative estimate of drug-likeness (QED) is 0.387. The minimum absolute atomic E-state index is 0.139. The van der Waals surface area contributed by atoms with Crippen LogP contribution in [0.25, 0.3) is 28.2 Å². The lowest BCUT2D eigenvalue weighted by molar-refractivity contribution is 0.0779. The van der Waals surface area contributed by atoms with Crippen molar-refractivity contribution in [1.82, 2.24) is 19.5 Å². The molecule has 5 aromatic rings. The third kappa shape index (κ3) is 3.88. The standard InChI is InChI=1S/C27H22N4O/c1-30(19-20-11-5-2-6-12-20)27(32)24-18-26-28-23(21-13-7-3-8-14-21)17-25(31(26)29-24)22-15-9-4-10-16-22/h2-18H,19H2,1H3. The molecule has 156 valence electrons. The highest BCUT2D eigenvalue weighted by Gasteiger charge is 2.19. The van der Waals surface area contributed by atoms with Crippen LogP contribution in [0, 0.1) is 0 Å². The number of hydrogen-bond acceptors (Lipinski definition) is 3. The zero-order chi connectivity index (χ0) is 21.9. The Bertz CT molecular complexity index is 1360. The molecule has 2 heterocycles. The molecule has 0 atom stereocenters. The summed E-state index contributed by atoms with van der Waals surface area (Å²) in [5.41, 5.74) is 5.84. The molecule has 0 aliphatic heterocycles. The summed E-state index contributed by atoms with van der Waals surface area (Å²) in [7, 11) is 1.79. The molecule has 5 heteroatoms. The number of aromatic nitrogens is 3. The smallest absolute Gasteiger partial charge is 0.274 e. The van der Waals surface area contributed by atoms with E-state index in [0.717, 1.165) is 28.1 Å². The van der Waals surface area contributed by atoms with E-state index in [4.69, 9.17) is 4.98 Å². The van der Waals surface area contributed by atoms with E-state index < -0.39 is 0 Å². The van der Waals surface area contributed by atoms with Crippen molar-refractivity contribution >= 4 is 11.6 Å². The van der Waals surface area contributed by atoms with E-state index in [-0.39, 0.29) is 5.91 Å². The Kier molecular flexibility index (Phi) is 5.22. The Morgan fingerprint density at radius 3 is 2.06 bits per heavy atom. The monoisotopic (exact) mass is 418 g/mol. The first-order valence-corrected chi connectivity index (χ1v) is 10.5. The Morgan fingerprint density at radius 2 is 1.41 bits per heavy atom. The van der Waals surface area contributed by atoms with E-state index in [0.29, 0.717) is 17.9 Å². The molecule has 32 heavy (non-hydrogen) atoms. The lowest BCUT2D eigenvalue weighted by Gasteiger charge is -2.15. The average molecular weight is 419 g/mol. The highest BCUT2D eigenvalue weighted by Crippen LogP contribution is 2.26. The second-order valence-corrected chi connectivity index (χ2v) is 7.71. The van der Waals surface area contributed by atoms with Crippen molar-refractivity contribution in [3.05, 3.63) is 114 Å². The Hall–Kier alpha value is -4.25. The summed E-state index contributed by atoms with van der Waals surface area (Å²) >= 11 is 0. The Balaban J connectivity index is 1.58. The number of amides is 1. The van der Waals surface area contributed by atoms with Gasteiger partial charge in [-0.15, -0.1) is 0 Å². The second kappa shape index (κ2) is 8.47. The zero-order valence-corrected chi connectivity index (χ0v) is 17.7. The first kappa shape index (κ1) is 19.7. The predicted molar refractivity (Wildman–Crippen MR) is 126 cm³/mol. The summed E-state index contributed by atoms with van der Waals surface area (Å²) in [6.45, 7) is 0.516. The van der Waals surface area contributed by atoms with Crippen LogP contribution >= 0.6 is 0 Å². The minimum Gasteiger partial charge on any atom is -0.336 e. The number of carbonyl (C=O) groups excluding carboxylic acids is 1. The summed E-state index contributed by atoms with van der Waals surface area (Å²) in [6.07, 6.45) is 0. The lowest BCUT2D eigenvalue weighted by Crippen LogP contribution is -2.26. The topological polar surface area (TPSA) is 50.5 Å². The van der Waals surface area contributed by atoms with Crippen LogP contribution < -0.4 is 0 Å². The maximum atomic E-state index is 13.1. The van der Waals surface area contributed by atoms with E-state index in [1.807, 2.05) is 97.1 Å². The lowest BCUT2D eigenvalue weighted by atomic mass is 10.1. The summed E-state index contributed by atoms with van der Waals surface area (Å²) < 4.78 is 1.76. The van der Waals surface area contributed by atoms with Crippen molar-refractivity contribution < 1.29 is 4.79 Å². The molecule has 5 rings (SSSR count). The second-order valence-electron chi connectivity index (χ2n) is 7.71. The van der Waals surface area contributed by atoms with E-state index >= 15 is 0 Å². The van der Waals surface area contributed by atoms with Gasteiger partial charge in [0.2, 0.25) is 0 Å². The van der Waals surface area contributed by atoms with E-state index in [2.05, 4.69) is 5.10 Å². The van der Waals surface area contributed by atoms with Crippen molar-refractivity contribution in [3.63, 3.8) is 0 Å². The van der Waals surface area contributed by atoms with Crippen LogP contribution in [0.4, 0.5) is 0 Å². The molecule has 0 aliphatic carbocycles. The number of rotatable bonds is 5. The van der Waals surface area contributed by atoms with E-state index in [9.17, 15) is 4.79 Å². The minimum atomic E-state index is -0.139. The molecular weight excluding hydrogens is 396 g/mol. The Morgan fingerprint density at radius 1 is 0.812 bits per heavy atom. The summed E-state index contributed by atoms with van der Waals surface area (Å²) in [5.74, 6) is -0.139. The molecule has 3 aromatic carbocycles. The number of nitrogens with zero attached hydrogens (tertiary/aromatic N) is 4. The predicted octanol–water partition coefficient (Wildman–Crippen LogP) is 5.34. The molecule has 0 unspecified atom stereocenters. The maximum Gasteiger partial charge on any atom is 0.274 e. The van der Waals surface area contributed by atoms with Crippen LogP contribution in [0.2, 0.25) is 0 Å². The van der Waals surface area contributed by atoms with Gasteiger partial charge in [0.15, 0.2) is 11.3 Å². The van der Waals surface area contributed by atoms with Gasteiger partial charge >= 0.3 is 0 Å². The van der Waals surface area contributed by atoms with Gasteiger partial charge < -0.3 is 4.90 Å². The van der Waals surface area contributed by atoms with Gasteiger partial charge in [0.25, 0.3) is 5.91 Å². The normalized spacial score (nSPS) is 10.9. The third-order valence-electron chi connectivity index (χ3n) is 5.39. The van der Waals surface area contributed by atoms with Gasteiger partial charge in [-0.25, -0.2) is 9.50 Å². The molecule has 0 bridgehead atoms. The van der Waals surface area contributed by atoms with Gasteiger partial charge in [-0.1, -0.05) is 91.0 Å². The van der Waals surface area contributed by atoms with Crippen LogP contribution in [0.15, 0.2) is 103 Å². The zero-order valence-electron chi connectivity index (χ0n) is 17.7. The van der Waals surface area contributed by atoms with Crippen LogP contribution in [0.1, 0.15) is 16.1 Å². The fourth-order valence-electron chi connectivity index (χ4n) is 3.77. The number of hydrogen-bond donors (Lipinski definition) is 0. The highest BCUT2D eigenvalue weighted by molar-refractivity contribution is 5.93. The fourth-order valence-corrected chi connectivity index (χ4v) is 3.77. The molecule has 0 spiro atoms. The van der Waals surface area contributed by atoms with Crippen molar-refractivity contribution in [2.24, 2.45) is 0 Å². The van der Waals surface area contributed by atoms with Crippen molar-refractivity contribution in [3.8, 4) is 22.5 Å². The molecule has 2 aromatic heterocycles. The molecule has 0 aliphatic rings. The van der Waals surface area contributed by atoms with Gasteiger partial charge in [0, 0.05) is 30.8 Å². The molecule has 0 saturated carbocycles. The van der Waals surface area contributed by atoms with Gasteiger partial charge in [-0.2, -0.15) is 5.10 Å². The number of benzene rings is 3. The SMILES string of the molecule is CN(Cc1ccccc1)C(=O)c1cc2nc(-c3ccccc3)cc(-c3ccccc3)n2n1. The largest absolute Gasteiger partial charge is 0.336 e. The van der Waals surface area contributed by atoms with Crippen molar-refractivity contribution in [2.45, 2.75) is 6.54 Å². The van der Waals surface area contributed by atoms with Crippen LogP contribution in [0.3, 0.4) is 0 Å². The molecule has 0 saturated heterocycles. The van der Waals surface area contributed by atoms with Gasteiger partial charge in [0.1, 0.15) is 0 Å². The summed E-state index contributed by atoms with van der Waals surface area (Å²) in [4.78, 5) is 19.6. The fraction of sp³-hybridized carbons (Fsp3) is 0.0741. The number of carbonyl (C=O) groups is 1. The van der Waals surface area contributed by atoms with Crippen LogP contribution in [-0.4, -0.2) is 32.5 Å². The van der Waals surface area contributed by atoms with Crippen LogP contribution in [-0.2, 0) is 6.54 Å². The molecular formula is C27H22N4O. The van der Waals surface area contributed by atoms with Crippen molar-refractivity contribution in [1.29, 1.82) is 0 Å². The third-order valence-corrected chi connectivity index (χ3v) is 5.39. The molecule has 0 radical (unpaired) electrons. The Labute approximate surface area is 186 Å². The first-order chi connectivity index (χ1) is 15.7. The van der Waals surface area contributed by atoms with E-state index in [1.54, 1.807) is 22.5 Å². The molecule has 5 nitrogen and oxygen atoms in total. The maximum absolute atomic E-state index is 13.1. The first-order valence-electron chi connectivity index (χ1n) is 10.5. The van der Waals surface area contributed by atoms with Crippen molar-refractivity contribution in [2.75, 3.05) is 7.05 Å². The van der Waals surface area contributed by atoms with Crippen LogP contribution in [0.5, 0.6) is 0 Å².